The molecule has 18 heavy (non-hydrogen) atoms. The van der Waals surface area contributed by atoms with Gasteiger partial charge in [0.05, 0.1) is 6.20 Å². The zero-order valence-corrected chi connectivity index (χ0v) is 10.5. The molecule has 2 aromatic heterocycles. The van der Waals surface area contributed by atoms with Gasteiger partial charge in [0.1, 0.15) is 5.56 Å². The molecule has 0 radical (unpaired) electrons. The van der Waals surface area contributed by atoms with Crippen molar-refractivity contribution < 1.29 is 9.90 Å². The average Bonchev–Trinajstić information content (AvgIpc) is 2.58. The lowest BCUT2D eigenvalue weighted by atomic mass is 9.90. The molecule has 6 nitrogen and oxygen atoms in total. The summed E-state index contributed by atoms with van der Waals surface area (Å²) < 4.78 is 1.07. The Balaban J connectivity index is 2.62. The van der Waals surface area contributed by atoms with Gasteiger partial charge in [-0.05, 0) is 11.8 Å². The van der Waals surface area contributed by atoms with Gasteiger partial charge in [0.15, 0.2) is 5.65 Å². The molecule has 6 heteroatoms. The Bertz CT molecular complexity index is 661. The number of aromatic nitrogens is 3. The van der Waals surface area contributed by atoms with Crippen LogP contribution in [0.1, 0.15) is 36.8 Å². The number of nitrogens with one attached hydrogen (secondary N) is 1. The number of aromatic amines is 1. The highest BCUT2D eigenvalue weighted by Crippen LogP contribution is 2.19. The highest BCUT2D eigenvalue weighted by atomic mass is 16.4. The number of hydrogen-bond donors (Lipinski definition) is 2. The van der Waals surface area contributed by atoms with Crippen LogP contribution in [-0.2, 0) is 6.42 Å². The number of nitrogens with zero attached hydrogens (tertiary/aromatic N) is 2. The van der Waals surface area contributed by atoms with Crippen LogP contribution in [0.2, 0.25) is 0 Å². The molecule has 0 saturated carbocycles. The zero-order chi connectivity index (χ0) is 13.5. The second-order valence-corrected chi connectivity index (χ2v) is 5.49. The van der Waals surface area contributed by atoms with E-state index >= 15 is 0 Å². The van der Waals surface area contributed by atoms with Crippen molar-refractivity contribution in [3.8, 4) is 0 Å². The van der Waals surface area contributed by atoms with Crippen molar-refractivity contribution in [2.75, 3.05) is 0 Å². The smallest absolute Gasteiger partial charge is 0.341 e. The Morgan fingerprint density at radius 2 is 2.17 bits per heavy atom. The van der Waals surface area contributed by atoms with E-state index in [1.807, 2.05) is 20.8 Å². The molecule has 0 aromatic carbocycles. The number of H-pyrrole nitrogens is 1. The molecule has 0 amide bonds. The van der Waals surface area contributed by atoms with E-state index in [1.165, 1.54) is 12.3 Å². The Morgan fingerprint density at radius 1 is 1.50 bits per heavy atom. The Labute approximate surface area is 103 Å². The average molecular weight is 249 g/mol. The minimum absolute atomic E-state index is 0.00265. The van der Waals surface area contributed by atoms with Crippen molar-refractivity contribution in [1.82, 2.24) is 14.6 Å². The first-order valence-electron chi connectivity index (χ1n) is 5.61. The van der Waals surface area contributed by atoms with E-state index in [0.717, 1.165) is 4.52 Å². The normalized spacial score (nSPS) is 11.9. The van der Waals surface area contributed by atoms with Crippen LogP contribution in [0.3, 0.4) is 0 Å². The maximum absolute atomic E-state index is 11.8. The summed E-state index contributed by atoms with van der Waals surface area (Å²) in [5.41, 5.74) is 0.626. The molecule has 0 bridgehead atoms. The standard InChI is InChI=1S/C12H15N3O3/c1-12(2,3)5-7-4-9(16)15-10(14-7)8(6-13-15)11(17)18/h4,6,14H,5H2,1-3H3,(H,17,18). The summed E-state index contributed by atoms with van der Waals surface area (Å²) in [4.78, 5) is 25.8. The number of carboxylic acid groups (broad SMARTS) is 1. The van der Waals surface area contributed by atoms with E-state index in [4.69, 9.17) is 5.11 Å². The SMILES string of the molecule is CC(C)(C)Cc1cc(=O)n2ncc(C(=O)O)c2[nH]1. The van der Waals surface area contributed by atoms with E-state index in [2.05, 4.69) is 10.1 Å². The van der Waals surface area contributed by atoms with Gasteiger partial charge >= 0.3 is 5.97 Å². The Morgan fingerprint density at radius 3 is 2.72 bits per heavy atom. The van der Waals surface area contributed by atoms with Crippen molar-refractivity contribution in [2.24, 2.45) is 5.41 Å². The third-order valence-electron chi connectivity index (χ3n) is 2.51. The minimum atomic E-state index is -1.10. The van der Waals surface area contributed by atoms with Crippen LogP contribution in [0, 0.1) is 5.41 Å². The second-order valence-electron chi connectivity index (χ2n) is 5.49. The lowest BCUT2D eigenvalue weighted by molar-refractivity contribution is 0.0699. The third kappa shape index (κ3) is 2.27. The molecule has 0 spiro atoms. The highest BCUT2D eigenvalue weighted by molar-refractivity contribution is 5.94. The fourth-order valence-electron chi connectivity index (χ4n) is 1.86. The van der Waals surface area contributed by atoms with E-state index in [9.17, 15) is 9.59 Å². The number of rotatable bonds is 2. The molecule has 2 N–H and O–H groups in total. The summed E-state index contributed by atoms with van der Waals surface area (Å²) in [6, 6.07) is 1.46. The van der Waals surface area contributed by atoms with Gasteiger partial charge in [-0.3, -0.25) is 4.79 Å². The van der Waals surface area contributed by atoms with Crippen molar-refractivity contribution in [2.45, 2.75) is 27.2 Å². The van der Waals surface area contributed by atoms with Crippen LogP contribution in [-0.4, -0.2) is 25.7 Å². The van der Waals surface area contributed by atoms with Crippen LogP contribution < -0.4 is 5.56 Å². The summed E-state index contributed by atoms with van der Waals surface area (Å²) >= 11 is 0. The highest BCUT2D eigenvalue weighted by Gasteiger charge is 2.17. The van der Waals surface area contributed by atoms with E-state index in [-0.39, 0.29) is 22.2 Å². The number of carbonyl (C=O) groups is 1. The third-order valence-corrected chi connectivity index (χ3v) is 2.51. The Kier molecular flexibility index (Phi) is 2.73. The van der Waals surface area contributed by atoms with Crippen LogP contribution in [0.4, 0.5) is 0 Å². The molecular formula is C12H15N3O3. The second kappa shape index (κ2) is 3.97. The van der Waals surface area contributed by atoms with Crippen LogP contribution in [0.15, 0.2) is 17.1 Å². The molecule has 2 rings (SSSR count). The maximum Gasteiger partial charge on any atom is 0.341 e. The van der Waals surface area contributed by atoms with Crippen LogP contribution in [0.5, 0.6) is 0 Å². The Hall–Kier alpha value is -2.11. The number of fused-ring (bicyclic) bond motifs is 1. The fourth-order valence-corrected chi connectivity index (χ4v) is 1.86. The van der Waals surface area contributed by atoms with Gasteiger partial charge < -0.3 is 10.1 Å². The summed E-state index contributed by atoms with van der Waals surface area (Å²) in [6.07, 6.45) is 1.83. The molecule has 0 aliphatic carbocycles. The number of carboxylic acids is 1. The lowest BCUT2D eigenvalue weighted by Crippen LogP contribution is -2.19. The summed E-state index contributed by atoms with van der Waals surface area (Å²) in [7, 11) is 0. The molecule has 0 atom stereocenters. The molecule has 0 aliphatic heterocycles. The monoisotopic (exact) mass is 249 g/mol. The maximum atomic E-state index is 11.8. The van der Waals surface area contributed by atoms with Gasteiger partial charge in [-0.25, -0.2) is 4.79 Å². The first kappa shape index (κ1) is 12.3. The minimum Gasteiger partial charge on any atom is -0.477 e. The molecule has 0 fully saturated rings. The largest absolute Gasteiger partial charge is 0.477 e. The van der Waals surface area contributed by atoms with Gasteiger partial charge in [-0.1, -0.05) is 20.8 Å². The molecule has 2 heterocycles. The van der Waals surface area contributed by atoms with Gasteiger partial charge in [0.25, 0.3) is 5.56 Å². The van der Waals surface area contributed by atoms with Crippen molar-refractivity contribution in [3.63, 3.8) is 0 Å². The zero-order valence-electron chi connectivity index (χ0n) is 10.5. The summed E-state index contributed by atoms with van der Waals surface area (Å²) in [5, 5.41) is 12.8. The predicted molar refractivity (Wildman–Crippen MR) is 65.9 cm³/mol. The van der Waals surface area contributed by atoms with Crippen molar-refractivity contribution in [1.29, 1.82) is 0 Å². The summed E-state index contributed by atoms with van der Waals surface area (Å²) in [5.74, 6) is -1.10. The molecule has 96 valence electrons. The fraction of sp³-hybridized carbons (Fsp3) is 0.417. The first-order chi connectivity index (χ1) is 8.28. The topological polar surface area (TPSA) is 87.5 Å². The lowest BCUT2D eigenvalue weighted by Gasteiger charge is -2.17. The van der Waals surface area contributed by atoms with Gasteiger partial charge in [0, 0.05) is 11.8 Å². The van der Waals surface area contributed by atoms with Gasteiger partial charge in [-0.2, -0.15) is 9.61 Å². The number of hydrogen-bond acceptors (Lipinski definition) is 3. The van der Waals surface area contributed by atoms with Crippen molar-refractivity contribution in [3.05, 3.63) is 33.9 Å². The molecule has 0 unspecified atom stereocenters. The van der Waals surface area contributed by atoms with E-state index in [0.29, 0.717) is 12.1 Å². The molecule has 2 aromatic rings. The van der Waals surface area contributed by atoms with Crippen LogP contribution in [0.25, 0.3) is 5.65 Å². The number of aromatic carboxylic acids is 1. The molecular weight excluding hydrogens is 234 g/mol. The first-order valence-corrected chi connectivity index (χ1v) is 5.61. The summed E-state index contributed by atoms with van der Waals surface area (Å²) in [6.45, 7) is 6.14. The quantitative estimate of drug-likeness (QED) is 0.840. The molecule has 0 aliphatic rings. The molecule has 0 saturated heterocycles. The van der Waals surface area contributed by atoms with Gasteiger partial charge in [0.2, 0.25) is 0 Å². The van der Waals surface area contributed by atoms with Crippen LogP contribution >= 0.6 is 0 Å². The van der Waals surface area contributed by atoms with E-state index < -0.39 is 5.97 Å². The van der Waals surface area contributed by atoms with Crippen molar-refractivity contribution >= 4 is 11.6 Å². The predicted octanol–water partition coefficient (Wildman–Crippen LogP) is 1.31. The van der Waals surface area contributed by atoms with Gasteiger partial charge in [-0.15, -0.1) is 0 Å². The van der Waals surface area contributed by atoms with E-state index in [1.54, 1.807) is 0 Å².